The Hall–Kier alpha value is -1.50. The smallest absolute Gasteiger partial charge is 0.275 e. The van der Waals surface area contributed by atoms with Gasteiger partial charge in [-0.2, -0.15) is 0 Å². The van der Waals surface area contributed by atoms with E-state index in [2.05, 4.69) is 14.9 Å². The van der Waals surface area contributed by atoms with Crippen LogP contribution >= 0.6 is 23.2 Å². The molecule has 1 aromatic heterocycles. The van der Waals surface area contributed by atoms with Gasteiger partial charge in [-0.3, -0.25) is 10.1 Å². The predicted octanol–water partition coefficient (Wildman–Crippen LogP) is 2.83. The van der Waals surface area contributed by atoms with Crippen LogP contribution in [0.1, 0.15) is 11.1 Å². The Morgan fingerprint density at radius 1 is 1.30 bits per heavy atom. The standard InChI is InChI=1S/C12H10Cl2N4O2/c1-17-3-2-6-7(5-17)10-8(4-9(6)18(19)20)15-11(13)12(14)16-10/h4H,2-3,5H2,1H3. The first kappa shape index (κ1) is 13.5. The average Bonchev–Trinajstić information content (AvgIpc) is 2.39. The molecule has 0 radical (unpaired) electrons. The van der Waals surface area contributed by atoms with E-state index < -0.39 is 0 Å². The maximum atomic E-state index is 11.2. The molecular weight excluding hydrogens is 303 g/mol. The van der Waals surface area contributed by atoms with Crippen molar-refractivity contribution in [2.24, 2.45) is 0 Å². The van der Waals surface area contributed by atoms with Crippen molar-refractivity contribution in [1.82, 2.24) is 14.9 Å². The number of benzene rings is 1. The second-order valence-electron chi connectivity index (χ2n) is 4.77. The molecule has 0 saturated carbocycles. The summed E-state index contributed by atoms with van der Waals surface area (Å²) >= 11 is 11.8. The average molecular weight is 313 g/mol. The summed E-state index contributed by atoms with van der Waals surface area (Å²) in [6.07, 6.45) is 0.611. The first-order valence-electron chi connectivity index (χ1n) is 5.98. The minimum Gasteiger partial charge on any atom is -0.302 e. The summed E-state index contributed by atoms with van der Waals surface area (Å²) in [5, 5.41) is 11.4. The molecule has 6 nitrogen and oxygen atoms in total. The minimum absolute atomic E-state index is 0.0533. The van der Waals surface area contributed by atoms with Crippen LogP contribution in [0.25, 0.3) is 11.0 Å². The van der Waals surface area contributed by atoms with Gasteiger partial charge in [0, 0.05) is 30.3 Å². The number of nitro benzene ring substituents is 1. The second-order valence-corrected chi connectivity index (χ2v) is 5.49. The highest BCUT2D eigenvalue weighted by atomic mass is 35.5. The summed E-state index contributed by atoms with van der Waals surface area (Å²) in [7, 11) is 1.96. The highest BCUT2D eigenvalue weighted by Gasteiger charge is 2.27. The topological polar surface area (TPSA) is 72.2 Å². The first-order chi connectivity index (χ1) is 9.47. The summed E-state index contributed by atoms with van der Waals surface area (Å²) < 4.78 is 0. The van der Waals surface area contributed by atoms with Gasteiger partial charge in [-0.15, -0.1) is 0 Å². The molecule has 1 aromatic carbocycles. The van der Waals surface area contributed by atoms with Crippen molar-refractivity contribution in [2.75, 3.05) is 13.6 Å². The fraction of sp³-hybridized carbons (Fsp3) is 0.333. The normalized spacial score (nSPS) is 15.3. The lowest BCUT2D eigenvalue weighted by Gasteiger charge is -2.25. The van der Waals surface area contributed by atoms with Crippen LogP contribution in [0.3, 0.4) is 0 Å². The quantitative estimate of drug-likeness (QED) is 0.598. The molecule has 0 aliphatic carbocycles. The fourth-order valence-corrected chi connectivity index (χ4v) is 2.77. The zero-order valence-corrected chi connectivity index (χ0v) is 12.1. The van der Waals surface area contributed by atoms with Gasteiger partial charge in [-0.05, 0) is 13.5 Å². The molecule has 104 valence electrons. The van der Waals surface area contributed by atoms with Crippen LogP contribution in [0.5, 0.6) is 0 Å². The number of halogens is 2. The van der Waals surface area contributed by atoms with Crippen molar-refractivity contribution in [3.8, 4) is 0 Å². The molecular formula is C12H10Cl2N4O2. The lowest BCUT2D eigenvalue weighted by molar-refractivity contribution is -0.385. The van der Waals surface area contributed by atoms with E-state index in [1.54, 1.807) is 0 Å². The number of aromatic nitrogens is 2. The third-order valence-electron chi connectivity index (χ3n) is 3.44. The van der Waals surface area contributed by atoms with Crippen molar-refractivity contribution >= 4 is 39.9 Å². The summed E-state index contributed by atoms with van der Waals surface area (Å²) in [4.78, 5) is 21.3. The van der Waals surface area contributed by atoms with Crippen LogP contribution in [-0.4, -0.2) is 33.4 Å². The number of nitrogens with zero attached hydrogens (tertiary/aromatic N) is 4. The van der Waals surface area contributed by atoms with Crippen molar-refractivity contribution in [1.29, 1.82) is 0 Å². The Bertz CT molecular complexity index is 735. The third kappa shape index (κ3) is 2.09. The summed E-state index contributed by atoms with van der Waals surface area (Å²) in [5.74, 6) is 0. The lowest BCUT2D eigenvalue weighted by atomic mass is 9.96. The van der Waals surface area contributed by atoms with Gasteiger partial charge in [-0.1, -0.05) is 23.2 Å². The van der Waals surface area contributed by atoms with Gasteiger partial charge < -0.3 is 4.90 Å². The molecule has 0 N–H and O–H groups in total. The lowest BCUT2D eigenvalue weighted by Crippen LogP contribution is -2.27. The zero-order chi connectivity index (χ0) is 14.4. The molecule has 0 unspecified atom stereocenters. The zero-order valence-electron chi connectivity index (χ0n) is 10.6. The number of hydrogen-bond donors (Lipinski definition) is 0. The molecule has 20 heavy (non-hydrogen) atoms. The van der Waals surface area contributed by atoms with Crippen LogP contribution < -0.4 is 0 Å². The van der Waals surface area contributed by atoms with Crippen LogP contribution in [0, 0.1) is 10.1 Å². The first-order valence-corrected chi connectivity index (χ1v) is 6.73. The van der Waals surface area contributed by atoms with Crippen molar-refractivity contribution < 1.29 is 4.92 Å². The number of rotatable bonds is 1. The van der Waals surface area contributed by atoms with Crippen LogP contribution in [0.15, 0.2) is 6.07 Å². The minimum atomic E-state index is -0.381. The van der Waals surface area contributed by atoms with E-state index in [0.717, 1.165) is 12.1 Å². The molecule has 3 rings (SSSR count). The van der Waals surface area contributed by atoms with Gasteiger partial charge in [0.25, 0.3) is 5.69 Å². The summed E-state index contributed by atoms with van der Waals surface area (Å²) in [6, 6.07) is 1.43. The van der Waals surface area contributed by atoms with Crippen LogP contribution in [0.4, 0.5) is 5.69 Å². The molecule has 0 atom stereocenters. The van der Waals surface area contributed by atoms with Crippen LogP contribution in [-0.2, 0) is 13.0 Å². The van der Waals surface area contributed by atoms with E-state index in [0.29, 0.717) is 29.6 Å². The third-order valence-corrected chi connectivity index (χ3v) is 4.07. The van der Waals surface area contributed by atoms with Gasteiger partial charge in [-0.25, -0.2) is 9.97 Å². The molecule has 0 amide bonds. The monoisotopic (exact) mass is 312 g/mol. The van der Waals surface area contributed by atoms with Crippen molar-refractivity contribution in [2.45, 2.75) is 13.0 Å². The number of hydrogen-bond acceptors (Lipinski definition) is 5. The Morgan fingerprint density at radius 3 is 2.70 bits per heavy atom. The second kappa shape index (κ2) is 4.80. The molecule has 1 aliphatic rings. The summed E-state index contributed by atoms with van der Waals surface area (Å²) in [6.45, 7) is 1.36. The van der Waals surface area contributed by atoms with E-state index in [9.17, 15) is 10.1 Å². The largest absolute Gasteiger partial charge is 0.302 e. The number of fused-ring (bicyclic) bond motifs is 3. The fourth-order valence-electron chi connectivity index (χ4n) is 2.51. The predicted molar refractivity (Wildman–Crippen MR) is 76.3 cm³/mol. The highest BCUT2D eigenvalue weighted by molar-refractivity contribution is 6.40. The Labute approximate surface area is 124 Å². The Balaban J connectivity index is 2.38. The van der Waals surface area contributed by atoms with E-state index in [1.165, 1.54) is 6.07 Å². The molecule has 0 bridgehead atoms. The molecule has 8 heteroatoms. The Morgan fingerprint density at radius 2 is 2.00 bits per heavy atom. The maximum Gasteiger partial charge on any atom is 0.275 e. The van der Waals surface area contributed by atoms with Gasteiger partial charge in [0.2, 0.25) is 0 Å². The molecule has 2 heterocycles. The van der Waals surface area contributed by atoms with Gasteiger partial charge >= 0.3 is 0 Å². The van der Waals surface area contributed by atoms with Gasteiger partial charge in [0.1, 0.15) is 0 Å². The van der Waals surface area contributed by atoms with Crippen molar-refractivity contribution in [3.63, 3.8) is 0 Å². The molecule has 1 aliphatic heterocycles. The molecule has 0 saturated heterocycles. The van der Waals surface area contributed by atoms with E-state index in [4.69, 9.17) is 23.2 Å². The summed E-state index contributed by atoms with van der Waals surface area (Å²) in [5.41, 5.74) is 2.60. The van der Waals surface area contributed by atoms with Gasteiger partial charge in [0.05, 0.1) is 16.0 Å². The Kier molecular flexibility index (Phi) is 3.24. The van der Waals surface area contributed by atoms with Gasteiger partial charge in [0.15, 0.2) is 10.3 Å². The van der Waals surface area contributed by atoms with E-state index >= 15 is 0 Å². The maximum absolute atomic E-state index is 11.2. The SMILES string of the molecule is CN1CCc2c([N+](=O)[O-])cc3nc(Cl)c(Cl)nc3c2C1. The molecule has 2 aromatic rings. The van der Waals surface area contributed by atoms with Crippen LogP contribution in [0.2, 0.25) is 10.3 Å². The number of nitro groups is 1. The number of likely N-dealkylation sites (N-methyl/N-ethyl adjacent to an activating group) is 1. The molecule has 0 fully saturated rings. The highest BCUT2D eigenvalue weighted by Crippen LogP contribution is 2.34. The van der Waals surface area contributed by atoms with E-state index in [1.807, 2.05) is 7.05 Å². The van der Waals surface area contributed by atoms with E-state index in [-0.39, 0.29) is 20.9 Å². The van der Waals surface area contributed by atoms with Crippen molar-refractivity contribution in [3.05, 3.63) is 37.6 Å². The molecule has 0 spiro atoms.